The molecule has 0 aliphatic heterocycles. The highest BCUT2D eigenvalue weighted by Crippen LogP contribution is 2.27. The molecule has 0 bridgehead atoms. The van der Waals surface area contributed by atoms with Crippen molar-refractivity contribution in [2.45, 2.75) is 70.9 Å². The summed E-state index contributed by atoms with van der Waals surface area (Å²) in [5.74, 6) is 0.536. The number of aliphatic imine (C=N–C) groups is 2. The maximum atomic E-state index is 10.1. The van der Waals surface area contributed by atoms with Crippen LogP contribution in [0.3, 0.4) is 0 Å². The summed E-state index contributed by atoms with van der Waals surface area (Å²) in [6, 6.07) is 11.7. The van der Waals surface area contributed by atoms with Crippen LogP contribution in [0, 0.1) is 0 Å². The number of hydrogen-bond donors (Lipinski definition) is 2. The summed E-state index contributed by atoms with van der Waals surface area (Å²) in [7, 11) is 0. The molecule has 29 heavy (non-hydrogen) atoms. The van der Waals surface area contributed by atoms with Crippen molar-refractivity contribution in [3.05, 3.63) is 58.7 Å². The van der Waals surface area contributed by atoms with Gasteiger partial charge in [0.05, 0.1) is 12.1 Å². The molecule has 2 atom stereocenters. The lowest BCUT2D eigenvalue weighted by Gasteiger charge is -2.12. The first-order chi connectivity index (χ1) is 14.1. The average Bonchev–Trinajstić information content (AvgIpc) is 3.16. The monoisotopic (exact) mass is 392 g/mol. The molecule has 0 saturated heterocycles. The second-order valence-electron chi connectivity index (χ2n) is 7.91. The number of aromatic hydroxyl groups is 2. The molecule has 2 unspecified atom stereocenters. The van der Waals surface area contributed by atoms with Crippen LogP contribution >= 0.6 is 0 Å². The summed E-state index contributed by atoms with van der Waals surface area (Å²) in [5, 5.41) is 20.3. The highest BCUT2D eigenvalue weighted by Gasteiger charge is 2.25. The van der Waals surface area contributed by atoms with E-state index in [0.717, 1.165) is 56.1 Å². The Balaban J connectivity index is 1.72. The Morgan fingerprint density at radius 2 is 1.24 bits per heavy atom. The number of phenols is 2. The van der Waals surface area contributed by atoms with Gasteiger partial charge >= 0.3 is 0 Å². The summed E-state index contributed by atoms with van der Waals surface area (Å²) < 4.78 is 0. The van der Waals surface area contributed by atoms with Gasteiger partial charge in [0.1, 0.15) is 11.5 Å². The Kier molecular flexibility index (Phi) is 7.45. The lowest BCUT2D eigenvalue weighted by atomic mass is 10.1. The highest BCUT2D eigenvalue weighted by molar-refractivity contribution is 5.84. The van der Waals surface area contributed by atoms with E-state index in [1.54, 1.807) is 24.6 Å². The molecular formula is C25H32N2O2. The lowest BCUT2D eigenvalue weighted by Crippen LogP contribution is -2.16. The van der Waals surface area contributed by atoms with E-state index >= 15 is 0 Å². The van der Waals surface area contributed by atoms with Crippen LogP contribution < -0.4 is 0 Å². The van der Waals surface area contributed by atoms with Gasteiger partial charge in [-0.25, -0.2) is 0 Å². The molecule has 4 nitrogen and oxygen atoms in total. The van der Waals surface area contributed by atoms with Crippen molar-refractivity contribution in [1.29, 1.82) is 0 Å². The van der Waals surface area contributed by atoms with Crippen LogP contribution in [0.4, 0.5) is 0 Å². The molecule has 0 heterocycles. The molecule has 0 amide bonds. The third kappa shape index (κ3) is 5.69. The Hall–Kier alpha value is -2.62. The number of phenolic OH excluding ortho intramolecular Hbond substituents is 2. The minimum atomic E-state index is 0.112. The van der Waals surface area contributed by atoms with Gasteiger partial charge in [0, 0.05) is 23.6 Å². The lowest BCUT2D eigenvalue weighted by molar-refractivity contribution is 0.473. The van der Waals surface area contributed by atoms with E-state index in [1.165, 1.54) is 11.1 Å². The van der Waals surface area contributed by atoms with E-state index < -0.39 is 0 Å². The first-order valence-electron chi connectivity index (χ1n) is 10.8. The topological polar surface area (TPSA) is 65.2 Å². The number of benzene rings is 2. The van der Waals surface area contributed by atoms with E-state index in [-0.39, 0.29) is 23.6 Å². The van der Waals surface area contributed by atoms with Crippen LogP contribution in [0.5, 0.6) is 11.5 Å². The summed E-state index contributed by atoms with van der Waals surface area (Å²) in [5.41, 5.74) is 3.98. The van der Waals surface area contributed by atoms with E-state index in [9.17, 15) is 10.2 Å². The number of aryl methyl sites for hydroxylation is 2. The fourth-order valence-electron chi connectivity index (χ4n) is 3.92. The Morgan fingerprint density at radius 3 is 1.66 bits per heavy atom. The Morgan fingerprint density at radius 1 is 0.793 bits per heavy atom. The number of rotatable bonds is 8. The van der Waals surface area contributed by atoms with E-state index in [2.05, 4.69) is 13.8 Å². The molecule has 0 spiro atoms. The molecule has 2 aromatic carbocycles. The van der Waals surface area contributed by atoms with E-state index in [4.69, 9.17) is 9.98 Å². The maximum absolute atomic E-state index is 10.1. The minimum Gasteiger partial charge on any atom is -0.507 e. The summed E-state index contributed by atoms with van der Waals surface area (Å²) in [4.78, 5) is 9.51. The molecule has 154 valence electrons. The predicted octanol–water partition coefficient (Wildman–Crippen LogP) is 5.46. The van der Waals surface area contributed by atoms with Crippen molar-refractivity contribution in [2.75, 3.05) is 0 Å². The van der Waals surface area contributed by atoms with Crippen molar-refractivity contribution < 1.29 is 10.2 Å². The standard InChI is InChI=1S/C25H32N2O2/c1-3-6-18-10-12-24(28)20(14-18)16-26-22-8-5-9-23(22)27-17-21-15-19(7-4-2)11-13-25(21)29/h10-17,22-23,28-29H,3-9H2,1-2H3. The van der Waals surface area contributed by atoms with Crippen LogP contribution in [0.25, 0.3) is 0 Å². The molecule has 1 saturated carbocycles. The zero-order valence-corrected chi connectivity index (χ0v) is 17.5. The first-order valence-corrected chi connectivity index (χ1v) is 10.8. The Bertz CT molecular complexity index is 802. The van der Waals surface area contributed by atoms with Gasteiger partial charge in [0.15, 0.2) is 0 Å². The SMILES string of the molecule is CCCc1ccc(O)c(C=NC2CCCC2N=Cc2cc(CCC)ccc2O)c1. The molecule has 2 N–H and O–H groups in total. The quantitative estimate of drug-likeness (QED) is 0.586. The maximum Gasteiger partial charge on any atom is 0.124 e. The van der Waals surface area contributed by atoms with Crippen LogP contribution in [0.15, 0.2) is 46.4 Å². The van der Waals surface area contributed by atoms with Crippen LogP contribution in [0.2, 0.25) is 0 Å². The number of hydrogen-bond acceptors (Lipinski definition) is 4. The van der Waals surface area contributed by atoms with Gasteiger partial charge in [-0.3, -0.25) is 9.98 Å². The molecule has 1 aliphatic carbocycles. The van der Waals surface area contributed by atoms with Gasteiger partial charge < -0.3 is 10.2 Å². The molecule has 1 fully saturated rings. The zero-order valence-electron chi connectivity index (χ0n) is 17.5. The zero-order chi connectivity index (χ0) is 20.6. The van der Waals surface area contributed by atoms with E-state index in [0.29, 0.717) is 0 Å². The van der Waals surface area contributed by atoms with Gasteiger partial charge in [-0.2, -0.15) is 0 Å². The molecule has 4 heteroatoms. The van der Waals surface area contributed by atoms with E-state index in [1.807, 2.05) is 24.3 Å². The molecule has 2 aromatic rings. The minimum absolute atomic E-state index is 0.112. The molecule has 3 rings (SSSR count). The van der Waals surface area contributed by atoms with Crippen LogP contribution in [-0.2, 0) is 12.8 Å². The van der Waals surface area contributed by atoms with Gasteiger partial charge in [0.2, 0.25) is 0 Å². The second-order valence-corrected chi connectivity index (χ2v) is 7.91. The fraction of sp³-hybridized carbons (Fsp3) is 0.440. The van der Waals surface area contributed by atoms with Crippen LogP contribution in [0.1, 0.15) is 68.2 Å². The van der Waals surface area contributed by atoms with Gasteiger partial charge in [0.25, 0.3) is 0 Å². The van der Waals surface area contributed by atoms with Gasteiger partial charge in [-0.15, -0.1) is 0 Å². The fourth-order valence-corrected chi connectivity index (χ4v) is 3.92. The first kappa shape index (κ1) is 21.1. The van der Waals surface area contributed by atoms with Crippen LogP contribution in [-0.4, -0.2) is 34.7 Å². The molecule has 0 aromatic heterocycles. The average molecular weight is 393 g/mol. The van der Waals surface area contributed by atoms with Crippen molar-refractivity contribution in [3.63, 3.8) is 0 Å². The van der Waals surface area contributed by atoms with Gasteiger partial charge in [-0.05, 0) is 67.5 Å². The van der Waals surface area contributed by atoms with Crippen molar-refractivity contribution in [3.8, 4) is 11.5 Å². The highest BCUT2D eigenvalue weighted by atomic mass is 16.3. The third-order valence-corrected chi connectivity index (χ3v) is 5.52. The van der Waals surface area contributed by atoms with Crippen molar-refractivity contribution in [1.82, 2.24) is 0 Å². The van der Waals surface area contributed by atoms with Gasteiger partial charge in [-0.1, -0.05) is 38.8 Å². The normalized spacial score (nSPS) is 19.5. The molecular weight excluding hydrogens is 360 g/mol. The van der Waals surface area contributed by atoms with Crippen molar-refractivity contribution in [2.24, 2.45) is 9.98 Å². The Labute approximate surface area is 174 Å². The second kappa shape index (κ2) is 10.2. The molecule has 1 aliphatic rings. The largest absolute Gasteiger partial charge is 0.507 e. The van der Waals surface area contributed by atoms with Crippen molar-refractivity contribution >= 4 is 12.4 Å². The molecule has 0 radical (unpaired) electrons. The summed E-state index contributed by atoms with van der Waals surface area (Å²) in [6.07, 6.45) is 10.8. The third-order valence-electron chi connectivity index (χ3n) is 5.52. The smallest absolute Gasteiger partial charge is 0.124 e. The summed E-state index contributed by atoms with van der Waals surface area (Å²) >= 11 is 0. The summed E-state index contributed by atoms with van der Waals surface area (Å²) in [6.45, 7) is 4.30. The number of nitrogens with zero attached hydrogens (tertiary/aromatic N) is 2. The predicted molar refractivity (Wildman–Crippen MR) is 121 cm³/mol.